The minimum Gasteiger partial charge on any atom is -0.496 e. The van der Waals surface area contributed by atoms with Gasteiger partial charge >= 0.3 is 5.97 Å². The molecule has 1 saturated heterocycles. The molecule has 1 heterocycles. The van der Waals surface area contributed by atoms with E-state index in [0.29, 0.717) is 24.9 Å². The third kappa shape index (κ3) is 3.28. The van der Waals surface area contributed by atoms with Gasteiger partial charge < -0.3 is 9.84 Å². The zero-order valence-corrected chi connectivity index (χ0v) is 11.5. The molecule has 1 aliphatic heterocycles. The summed E-state index contributed by atoms with van der Waals surface area (Å²) in [6, 6.07) is 7.50. The predicted molar refractivity (Wildman–Crippen MR) is 73.3 cm³/mol. The van der Waals surface area contributed by atoms with Crippen molar-refractivity contribution >= 4 is 5.97 Å². The zero-order chi connectivity index (χ0) is 14.5. The molecule has 0 saturated carbocycles. The molecule has 0 atom stereocenters. The number of hydrogen-bond acceptors (Lipinski definition) is 4. The van der Waals surface area contributed by atoms with Gasteiger partial charge in [-0.05, 0) is 44.1 Å². The molecule has 1 aliphatic rings. The summed E-state index contributed by atoms with van der Waals surface area (Å²) >= 11 is 0. The molecule has 1 aromatic rings. The third-order valence-corrected chi connectivity index (χ3v) is 3.74. The second kappa shape index (κ2) is 6.40. The van der Waals surface area contributed by atoms with Crippen LogP contribution in [0.2, 0.25) is 0 Å². The van der Waals surface area contributed by atoms with Crippen molar-refractivity contribution in [2.24, 2.45) is 5.92 Å². The van der Waals surface area contributed by atoms with E-state index in [1.54, 1.807) is 19.2 Å². The Bertz CT molecular complexity index is 528. The molecule has 1 fully saturated rings. The lowest BCUT2D eigenvalue weighted by atomic mass is 9.96. The molecule has 1 N–H and O–H groups in total. The molecule has 2 rings (SSSR count). The molecule has 0 radical (unpaired) electrons. The molecule has 0 aromatic heterocycles. The van der Waals surface area contributed by atoms with Crippen molar-refractivity contribution in [1.29, 1.82) is 5.26 Å². The average Bonchev–Trinajstić information content (AvgIpc) is 2.47. The lowest BCUT2D eigenvalue weighted by Gasteiger charge is -2.30. The number of hydrogen-bond donors (Lipinski definition) is 1. The van der Waals surface area contributed by atoms with E-state index in [1.807, 2.05) is 6.07 Å². The number of nitrogens with zero attached hydrogens (tertiary/aromatic N) is 2. The molecule has 0 aliphatic carbocycles. The van der Waals surface area contributed by atoms with E-state index in [9.17, 15) is 4.79 Å². The van der Waals surface area contributed by atoms with Crippen LogP contribution >= 0.6 is 0 Å². The van der Waals surface area contributed by atoms with Crippen molar-refractivity contribution in [2.45, 2.75) is 19.4 Å². The number of nitriles is 1. The summed E-state index contributed by atoms with van der Waals surface area (Å²) in [7, 11) is 1.61. The fraction of sp³-hybridized carbons (Fsp3) is 0.467. The Labute approximate surface area is 118 Å². The Balaban J connectivity index is 2.04. The zero-order valence-electron chi connectivity index (χ0n) is 11.5. The Morgan fingerprint density at radius 3 is 2.75 bits per heavy atom. The van der Waals surface area contributed by atoms with Crippen LogP contribution in [0.3, 0.4) is 0 Å². The van der Waals surface area contributed by atoms with Crippen LogP contribution in [0.1, 0.15) is 24.0 Å². The number of methoxy groups -OCH3 is 1. The topological polar surface area (TPSA) is 73.6 Å². The van der Waals surface area contributed by atoms with Gasteiger partial charge in [-0.15, -0.1) is 0 Å². The van der Waals surface area contributed by atoms with E-state index in [-0.39, 0.29) is 5.92 Å². The van der Waals surface area contributed by atoms with Crippen LogP contribution in [0.5, 0.6) is 5.75 Å². The Morgan fingerprint density at radius 2 is 2.20 bits per heavy atom. The summed E-state index contributed by atoms with van der Waals surface area (Å²) in [5.41, 5.74) is 1.58. The molecule has 0 spiro atoms. The number of ether oxygens (including phenoxy) is 1. The molecular formula is C15H18N2O3. The lowest BCUT2D eigenvalue weighted by molar-refractivity contribution is -0.143. The summed E-state index contributed by atoms with van der Waals surface area (Å²) in [6.07, 6.45) is 1.35. The normalized spacial score (nSPS) is 16.6. The van der Waals surface area contributed by atoms with Crippen molar-refractivity contribution < 1.29 is 14.6 Å². The number of likely N-dealkylation sites (tertiary alicyclic amines) is 1. The number of benzene rings is 1. The Kier molecular flexibility index (Phi) is 4.59. The molecule has 106 valence electrons. The highest BCUT2D eigenvalue weighted by Crippen LogP contribution is 2.24. The van der Waals surface area contributed by atoms with Gasteiger partial charge in [0.05, 0.1) is 24.7 Å². The predicted octanol–water partition coefficient (Wildman–Crippen LogP) is 1.86. The van der Waals surface area contributed by atoms with Gasteiger partial charge in [0.25, 0.3) is 0 Å². The van der Waals surface area contributed by atoms with Crippen LogP contribution in [0.15, 0.2) is 18.2 Å². The molecule has 0 amide bonds. The molecule has 0 unspecified atom stereocenters. The van der Waals surface area contributed by atoms with Crippen LogP contribution in [-0.4, -0.2) is 36.2 Å². The highest BCUT2D eigenvalue weighted by atomic mass is 16.5. The smallest absolute Gasteiger partial charge is 0.306 e. The SMILES string of the molecule is COc1ccc(C#N)cc1CN1CCC(C(=O)O)CC1. The first kappa shape index (κ1) is 14.4. The van der Waals surface area contributed by atoms with Gasteiger partial charge in [-0.1, -0.05) is 0 Å². The van der Waals surface area contributed by atoms with Crippen LogP contribution < -0.4 is 4.74 Å². The summed E-state index contributed by atoms with van der Waals surface area (Å²) in [4.78, 5) is 13.1. The number of carboxylic acid groups (broad SMARTS) is 1. The lowest BCUT2D eigenvalue weighted by Crippen LogP contribution is -2.35. The minimum atomic E-state index is -0.700. The molecular weight excluding hydrogens is 256 g/mol. The van der Waals surface area contributed by atoms with Crippen molar-refractivity contribution in [3.8, 4) is 11.8 Å². The van der Waals surface area contributed by atoms with Crippen LogP contribution in [0.4, 0.5) is 0 Å². The highest BCUT2D eigenvalue weighted by Gasteiger charge is 2.24. The van der Waals surface area contributed by atoms with Crippen molar-refractivity contribution in [3.05, 3.63) is 29.3 Å². The monoisotopic (exact) mass is 274 g/mol. The van der Waals surface area contributed by atoms with E-state index in [1.165, 1.54) is 0 Å². The maximum absolute atomic E-state index is 10.9. The molecule has 5 heteroatoms. The van der Waals surface area contributed by atoms with Crippen molar-refractivity contribution in [3.63, 3.8) is 0 Å². The number of rotatable bonds is 4. The van der Waals surface area contributed by atoms with Gasteiger partial charge in [0.15, 0.2) is 0 Å². The van der Waals surface area contributed by atoms with E-state index >= 15 is 0 Å². The molecule has 1 aromatic carbocycles. The van der Waals surface area contributed by atoms with Gasteiger partial charge in [0.1, 0.15) is 5.75 Å². The van der Waals surface area contributed by atoms with Crippen LogP contribution in [0.25, 0.3) is 0 Å². The summed E-state index contributed by atoms with van der Waals surface area (Å²) in [5.74, 6) is -0.156. The minimum absolute atomic E-state index is 0.224. The average molecular weight is 274 g/mol. The Hall–Kier alpha value is -2.06. The van der Waals surface area contributed by atoms with Crippen LogP contribution in [0, 0.1) is 17.2 Å². The third-order valence-electron chi connectivity index (χ3n) is 3.74. The fourth-order valence-corrected chi connectivity index (χ4v) is 2.55. The van der Waals surface area contributed by atoms with Gasteiger partial charge in [-0.25, -0.2) is 0 Å². The van der Waals surface area contributed by atoms with Crippen molar-refractivity contribution in [1.82, 2.24) is 4.90 Å². The summed E-state index contributed by atoms with van der Waals surface area (Å²) in [5, 5.41) is 17.9. The first-order valence-corrected chi connectivity index (χ1v) is 6.66. The number of carboxylic acids is 1. The number of piperidine rings is 1. The summed E-state index contributed by atoms with van der Waals surface area (Å²) < 4.78 is 5.32. The second-order valence-electron chi connectivity index (χ2n) is 5.03. The maximum Gasteiger partial charge on any atom is 0.306 e. The first-order chi connectivity index (χ1) is 9.63. The quantitative estimate of drug-likeness (QED) is 0.907. The Morgan fingerprint density at radius 1 is 1.50 bits per heavy atom. The standard InChI is InChI=1S/C15H18N2O3/c1-20-14-3-2-11(9-16)8-13(14)10-17-6-4-12(5-7-17)15(18)19/h2-3,8,12H,4-7,10H2,1H3,(H,18,19). The van der Waals surface area contributed by atoms with Gasteiger partial charge in [0.2, 0.25) is 0 Å². The van der Waals surface area contributed by atoms with E-state index in [4.69, 9.17) is 15.1 Å². The largest absolute Gasteiger partial charge is 0.496 e. The maximum atomic E-state index is 10.9. The highest BCUT2D eigenvalue weighted by molar-refractivity contribution is 5.70. The number of carbonyl (C=O) groups is 1. The van der Waals surface area contributed by atoms with E-state index in [2.05, 4.69) is 11.0 Å². The summed E-state index contributed by atoms with van der Waals surface area (Å²) in [6.45, 7) is 2.21. The van der Waals surface area contributed by atoms with Gasteiger partial charge in [-0.2, -0.15) is 5.26 Å². The van der Waals surface area contributed by atoms with Gasteiger partial charge in [0, 0.05) is 12.1 Å². The first-order valence-electron chi connectivity index (χ1n) is 6.66. The van der Waals surface area contributed by atoms with Crippen LogP contribution in [-0.2, 0) is 11.3 Å². The number of aliphatic carboxylic acids is 1. The van der Waals surface area contributed by atoms with E-state index < -0.39 is 5.97 Å². The van der Waals surface area contributed by atoms with Crippen molar-refractivity contribution in [2.75, 3.05) is 20.2 Å². The molecule has 20 heavy (non-hydrogen) atoms. The fourth-order valence-electron chi connectivity index (χ4n) is 2.55. The molecule has 5 nitrogen and oxygen atoms in total. The van der Waals surface area contributed by atoms with Gasteiger partial charge in [-0.3, -0.25) is 9.69 Å². The molecule has 0 bridgehead atoms. The van der Waals surface area contributed by atoms with E-state index in [0.717, 1.165) is 24.4 Å². The second-order valence-corrected chi connectivity index (χ2v) is 5.03.